The van der Waals surface area contributed by atoms with Gasteiger partial charge in [-0.15, -0.1) is 0 Å². The summed E-state index contributed by atoms with van der Waals surface area (Å²) < 4.78 is 5.87. The van der Waals surface area contributed by atoms with Gasteiger partial charge in [0.25, 0.3) is 0 Å². The molecular formula is C23H26N2O. The lowest BCUT2D eigenvalue weighted by atomic mass is 9.84. The molecular weight excluding hydrogens is 320 g/mol. The monoisotopic (exact) mass is 346 g/mol. The Morgan fingerprint density at radius 1 is 0.846 bits per heavy atom. The Kier molecular flexibility index (Phi) is 6.37. The molecule has 0 bridgehead atoms. The van der Waals surface area contributed by atoms with Crippen molar-refractivity contribution in [2.45, 2.75) is 39.2 Å². The van der Waals surface area contributed by atoms with Gasteiger partial charge >= 0.3 is 0 Å². The van der Waals surface area contributed by atoms with Crippen molar-refractivity contribution >= 4 is 0 Å². The molecule has 0 amide bonds. The van der Waals surface area contributed by atoms with Gasteiger partial charge in [-0.3, -0.25) is 9.97 Å². The van der Waals surface area contributed by atoms with Crippen molar-refractivity contribution in [3.63, 3.8) is 0 Å². The van der Waals surface area contributed by atoms with Crippen molar-refractivity contribution in [1.82, 2.24) is 9.97 Å². The predicted molar refractivity (Wildman–Crippen MR) is 105 cm³/mol. The van der Waals surface area contributed by atoms with E-state index < -0.39 is 0 Å². The summed E-state index contributed by atoms with van der Waals surface area (Å²) in [7, 11) is 0. The lowest BCUT2D eigenvalue weighted by Crippen LogP contribution is -2.08. The number of hydrogen-bond donors (Lipinski definition) is 0. The first-order valence-corrected chi connectivity index (χ1v) is 9.23. The summed E-state index contributed by atoms with van der Waals surface area (Å²) in [6, 6.07) is 16.7. The molecule has 3 aromatic rings. The molecule has 1 atom stereocenters. The smallest absolute Gasteiger partial charge is 0.119 e. The molecule has 1 aromatic carbocycles. The number of aryl methyl sites for hydroxylation is 1. The summed E-state index contributed by atoms with van der Waals surface area (Å²) in [5.74, 6) is 2.02. The van der Waals surface area contributed by atoms with Crippen LogP contribution in [0.15, 0.2) is 73.3 Å². The van der Waals surface area contributed by atoms with E-state index in [9.17, 15) is 0 Å². The summed E-state index contributed by atoms with van der Waals surface area (Å²) in [5, 5.41) is 0. The van der Waals surface area contributed by atoms with Crippen LogP contribution in [-0.2, 0) is 13.0 Å². The van der Waals surface area contributed by atoms with Gasteiger partial charge in [0.05, 0.1) is 0 Å². The zero-order valence-corrected chi connectivity index (χ0v) is 15.5. The van der Waals surface area contributed by atoms with Crippen LogP contribution in [-0.4, -0.2) is 9.97 Å². The minimum atomic E-state index is 0.530. The Morgan fingerprint density at radius 3 is 2.08 bits per heavy atom. The van der Waals surface area contributed by atoms with Crippen LogP contribution >= 0.6 is 0 Å². The van der Waals surface area contributed by atoms with Crippen LogP contribution in [0.25, 0.3) is 0 Å². The van der Waals surface area contributed by atoms with Gasteiger partial charge in [0.15, 0.2) is 0 Å². The van der Waals surface area contributed by atoms with Crippen LogP contribution in [0.1, 0.15) is 42.9 Å². The van der Waals surface area contributed by atoms with Crippen LogP contribution in [0.5, 0.6) is 5.75 Å². The summed E-state index contributed by atoms with van der Waals surface area (Å²) >= 11 is 0. The molecule has 3 heteroatoms. The lowest BCUT2D eigenvalue weighted by molar-refractivity contribution is 0.305. The van der Waals surface area contributed by atoms with Crippen molar-refractivity contribution in [1.29, 1.82) is 0 Å². The van der Waals surface area contributed by atoms with E-state index in [1.165, 1.54) is 11.1 Å². The molecule has 0 radical (unpaired) electrons. The van der Waals surface area contributed by atoms with Gasteiger partial charge in [0.2, 0.25) is 0 Å². The molecule has 0 spiro atoms. The quantitative estimate of drug-likeness (QED) is 0.545. The van der Waals surface area contributed by atoms with Crippen molar-refractivity contribution in [2.24, 2.45) is 5.92 Å². The fourth-order valence-corrected chi connectivity index (χ4v) is 3.21. The molecule has 0 N–H and O–H groups in total. The number of hydrogen-bond acceptors (Lipinski definition) is 3. The maximum absolute atomic E-state index is 5.87. The molecule has 1 unspecified atom stereocenters. The van der Waals surface area contributed by atoms with E-state index in [1.807, 2.05) is 36.8 Å². The standard InChI is InChI=1S/C23H26N2O/c1-18(2)23(12-7-19-5-3-13-24-15-19)21-8-10-22(11-9-21)26-17-20-6-4-14-25-16-20/h3-6,8-11,13-16,18,23H,7,12,17H2,1-2H3. The average molecular weight is 346 g/mol. The Bertz CT molecular complexity index is 770. The number of nitrogens with zero attached hydrogens (tertiary/aromatic N) is 2. The van der Waals surface area contributed by atoms with Crippen LogP contribution in [0.4, 0.5) is 0 Å². The van der Waals surface area contributed by atoms with E-state index in [0.717, 1.165) is 24.2 Å². The first-order valence-electron chi connectivity index (χ1n) is 9.23. The third-order valence-electron chi connectivity index (χ3n) is 4.71. The van der Waals surface area contributed by atoms with Gasteiger partial charge in [-0.25, -0.2) is 0 Å². The molecule has 2 aromatic heterocycles. The van der Waals surface area contributed by atoms with E-state index in [0.29, 0.717) is 18.4 Å². The number of aromatic nitrogens is 2. The van der Waals surface area contributed by atoms with Crippen LogP contribution in [0.3, 0.4) is 0 Å². The van der Waals surface area contributed by atoms with Crippen molar-refractivity contribution < 1.29 is 4.74 Å². The average Bonchev–Trinajstić information content (AvgIpc) is 2.69. The molecule has 0 aliphatic heterocycles. The van der Waals surface area contributed by atoms with Gasteiger partial charge < -0.3 is 4.74 Å². The van der Waals surface area contributed by atoms with E-state index in [-0.39, 0.29) is 0 Å². The highest BCUT2D eigenvalue weighted by atomic mass is 16.5. The number of benzene rings is 1. The number of rotatable bonds is 8. The molecule has 2 heterocycles. The third kappa shape index (κ3) is 5.16. The zero-order chi connectivity index (χ0) is 18.2. The molecule has 3 rings (SSSR count). The van der Waals surface area contributed by atoms with Crippen LogP contribution < -0.4 is 4.74 Å². The van der Waals surface area contributed by atoms with Gasteiger partial charge in [-0.1, -0.05) is 38.1 Å². The second kappa shape index (κ2) is 9.14. The largest absolute Gasteiger partial charge is 0.489 e. The van der Waals surface area contributed by atoms with E-state index in [4.69, 9.17) is 4.74 Å². The van der Waals surface area contributed by atoms with Crippen molar-refractivity contribution in [3.05, 3.63) is 90.0 Å². The Labute approximate surface area is 156 Å². The maximum atomic E-state index is 5.87. The highest BCUT2D eigenvalue weighted by Crippen LogP contribution is 2.30. The zero-order valence-electron chi connectivity index (χ0n) is 15.5. The second-order valence-electron chi connectivity index (χ2n) is 6.97. The predicted octanol–water partition coefficient (Wildman–Crippen LogP) is 5.43. The molecule has 3 nitrogen and oxygen atoms in total. The fourth-order valence-electron chi connectivity index (χ4n) is 3.21. The Morgan fingerprint density at radius 2 is 1.50 bits per heavy atom. The van der Waals surface area contributed by atoms with Crippen molar-refractivity contribution in [3.8, 4) is 5.75 Å². The number of pyridine rings is 2. The summed E-state index contributed by atoms with van der Waals surface area (Å²) in [6.45, 7) is 5.13. The summed E-state index contributed by atoms with van der Waals surface area (Å²) in [5.41, 5.74) is 3.75. The molecule has 0 aliphatic carbocycles. The van der Waals surface area contributed by atoms with Gasteiger partial charge in [-0.2, -0.15) is 0 Å². The minimum absolute atomic E-state index is 0.530. The maximum Gasteiger partial charge on any atom is 0.119 e. The van der Waals surface area contributed by atoms with Gasteiger partial charge in [0, 0.05) is 30.4 Å². The second-order valence-corrected chi connectivity index (χ2v) is 6.97. The third-order valence-corrected chi connectivity index (χ3v) is 4.71. The normalized spacial score (nSPS) is 12.1. The van der Waals surface area contributed by atoms with Crippen LogP contribution in [0, 0.1) is 5.92 Å². The van der Waals surface area contributed by atoms with Crippen LogP contribution in [0.2, 0.25) is 0 Å². The first kappa shape index (κ1) is 18.1. The number of ether oxygens (including phenoxy) is 1. The van der Waals surface area contributed by atoms with E-state index >= 15 is 0 Å². The summed E-state index contributed by atoms with van der Waals surface area (Å²) in [6.07, 6.45) is 9.58. The van der Waals surface area contributed by atoms with Crippen molar-refractivity contribution in [2.75, 3.05) is 0 Å². The molecule has 0 aliphatic rings. The SMILES string of the molecule is CC(C)C(CCc1cccnc1)c1ccc(OCc2cccnc2)cc1. The highest BCUT2D eigenvalue weighted by Gasteiger charge is 2.16. The van der Waals surface area contributed by atoms with Gasteiger partial charge in [-0.05, 0) is 60.1 Å². The summed E-state index contributed by atoms with van der Waals surface area (Å²) in [4.78, 5) is 8.33. The lowest BCUT2D eigenvalue weighted by Gasteiger charge is -2.22. The minimum Gasteiger partial charge on any atom is -0.489 e. The van der Waals surface area contributed by atoms with E-state index in [1.54, 1.807) is 6.20 Å². The highest BCUT2D eigenvalue weighted by molar-refractivity contribution is 5.30. The first-order chi connectivity index (χ1) is 12.7. The van der Waals surface area contributed by atoms with Gasteiger partial charge in [0.1, 0.15) is 12.4 Å². The fraction of sp³-hybridized carbons (Fsp3) is 0.304. The Hall–Kier alpha value is -2.68. The molecule has 0 fully saturated rings. The Balaban J connectivity index is 1.60. The molecule has 134 valence electrons. The molecule has 0 saturated heterocycles. The molecule has 26 heavy (non-hydrogen) atoms. The van der Waals surface area contributed by atoms with E-state index in [2.05, 4.69) is 54.1 Å². The molecule has 0 saturated carbocycles. The topological polar surface area (TPSA) is 35.0 Å².